The van der Waals surface area contributed by atoms with Crippen LogP contribution in [0.1, 0.15) is 27.0 Å². The number of ether oxygens (including phenoxy) is 1. The average Bonchev–Trinajstić information content (AvgIpc) is 2.99. The first-order valence-corrected chi connectivity index (χ1v) is 13.0. The van der Waals surface area contributed by atoms with Crippen molar-refractivity contribution in [1.29, 1.82) is 0 Å². The van der Waals surface area contributed by atoms with Gasteiger partial charge in [0, 0.05) is 25.1 Å². The smallest absolute Gasteiger partial charge is 0.329 e. The molecule has 1 atom stereocenters. The fourth-order valence-corrected chi connectivity index (χ4v) is 4.20. The number of hydrogen-bond donors (Lipinski definition) is 1. The second-order valence-electron chi connectivity index (χ2n) is 9.23. The Bertz CT molecular complexity index is 1330. The van der Waals surface area contributed by atoms with Crippen molar-refractivity contribution in [3.63, 3.8) is 0 Å². The van der Waals surface area contributed by atoms with Crippen molar-refractivity contribution in [2.75, 3.05) is 13.2 Å². The molecule has 4 aromatic rings. The van der Waals surface area contributed by atoms with Crippen LogP contribution >= 0.6 is 0 Å². The Labute approximate surface area is 229 Å². The lowest BCUT2D eigenvalue weighted by atomic mass is 10.1. The van der Waals surface area contributed by atoms with Crippen LogP contribution < -0.4 is 5.32 Å². The number of carbonyl (C=O) groups excluding carboxylic acids is 3. The Morgan fingerprint density at radius 2 is 1.18 bits per heavy atom. The van der Waals surface area contributed by atoms with E-state index in [-0.39, 0.29) is 18.2 Å². The number of nitrogens with zero attached hydrogens (tertiary/aromatic N) is 1. The van der Waals surface area contributed by atoms with E-state index in [9.17, 15) is 14.4 Å². The van der Waals surface area contributed by atoms with Crippen LogP contribution in [-0.4, -0.2) is 41.9 Å². The van der Waals surface area contributed by atoms with Gasteiger partial charge >= 0.3 is 5.97 Å². The van der Waals surface area contributed by atoms with Gasteiger partial charge in [0.15, 0.2) is 6.61 Å². The van der Waals surface area contributed by atoms with E-state index in [4.69, 9.17) is 4.74 Å². The third-order valence-electron chi connectivity index (χ3n) is 6.33. The molecular formula is C33H32N2O4. The fraction of sp³-hybridized carbons (Fsp3) is 0.182. The zero-order chi connectivity index (χ0) is 27.3. The van der Waals surface area contributed by atoms with Crippen molar-refractivity contribution in [2.45, 2.75) is 25.4 Å². The van der Waals surface area contributed by atoms with Crippen molar-refractivity contribution in [3.05, 3.63) is 144 Å². The number of nitrogens with one attached hydrogen (secondary N) is 1. The van der Waals surface area contributed by atoms with E-state index in [1.165, 1.54) is 0 Å². The van der Waals surface area contributed by atoms with Gasteiger partial charge in [0.1, 0.15) is 6.04 Å². The molecule has 0 radical (unpaired) electrons. The van der Waals surface area contributed by atoms with Gasteiger partial charge in [0.25, 0.3) is 11.8 Å². The monoisotopic (exact) mass is 520 g/mol. The third-order valence-corrected chi connectivity index (χ3v) is 6.33. The summed E-state index contributed by atoms with van der Waals surface area (Å²) in [5.74, 6) is -1.33. The molecule has 0 fully saturated rings. The van der Waals surface area contributed by atoms with Crippen LogP contribution in [0, 0.1) is 0 Å². The van der Waals surface area contributed by atoms with Crippen LogP contribution in [-0.2, 0) is 33.7 Å². The average molecular weight is 521 g/mol. The summed E-state index contributed by atoms with van der Waals surface area (Å²) >= 11 is 0. The molecule has 1 unspecified atom stereocenters. The van der Waals surface area contributed by atoms with Crippen LogP contribution in [0.25, 0.3) is 0 Å². The number of carbonyl (C=O) groups is 3. The SMILES string of the molecule is O=C(NC(Cc1ccccc1)C(=O)OCC(=O)N(CCc1ccccc1)Cc1ccccc1)c1ccccc1. The molecule has 0 aliphatic heterocycles. The van der Waals surface area contributed by atoms with Crippen molar-refractivity contribution in [3.8, 4) is 0 Å². The maximum absolute atomic E-state index is 13.3. The molecule has 4 rings (SSSR count). The molecule has 0 aromatic heterocycles. The molecule has 0 bridgehead atoms. The second kappa shape index (κ2) is 14.3. The molecule has 0 saturated heterocycles. The van der Waals surface area contributed by atoms with Crippen LogP contribution in [0.2, 0.25) is 0 Å². The first-order chi connectivity index (χ1) is 19.1. The van der Waals surface area contributed by atoms with Gasteiger partial charge in [-0.15, -0.1) is 0 Å². The zero-order valence-electron chi connectivity index (χ0n) is 21.7. The van der Waals surface area contributed by atoms with Gasteiger partial charge in [-0.3, -0.25) is 9.59 Å². The first kappa shape index (κ1) is 27.3. The Morgan fingerprint density at radius 3 is 1.77 bits per heavy atom. The normalized spacial score (nSPS) is 11.3. The molecule has 1 N–H and O–H groups in total. The summed E-state index contributed by atoms with van der Waals surface area (Å²) in [6.07, 6.45) is 0.922. The molecule has 2 amide bonds. The predicted octanol–water partition coefficient (Wildman–Crippen LogP) is 4.84. The molecule has 0 heterocycles. The van der Waals surface area contributed by atoms with Gasteiger partial charge < -0.3 is 15.0 Å². The fourth-order valence-electron chi connectivity index (χ4n) is 4.20. The summed E-state index contributed by atoms with van der Waals surface area (Å²) in [5.41, 5.74) is 3.41. The molecule has 6 nitrogen and oxygen atoms in total. The Balaban J connectivity index is 1.43. The topological polar surface area (TPSA) is 75.7 Å². The minimum Gasteiger partial charge on any atom is -0.454 e. The van der Waals surface area contributed by atoms with Gasteiger partial charge in [-0.25, -0.2) is 4.79 Å². The second-order valence-corrected chi connectivity index (χ2v) is 9.23. The number of rotatable bonds is 12. The van der Waals surface area contributed by atoms with Crippen LogP contribution in [0.3, 0.4) is 0 Å². The van der Waals surface area contributed by atoms with E-state index < -0.39 is 18.6 Å². The van der Waals surface area contributed by atoms with Crippen LogP contribution in [0.15, 0.2) is 121 Å². The van der Waals surface area contributed by atoms with Gasteiger partial charge in [0.05, 0.1) is 0 Å². The van der Waals surface area contributed by atoms with Gasteiger partial charge in [0.2, 0.25) is 0 Å². The largest absolute Gasteiger partial charge is 0.454 e. The summed E-state index contributed by atoms with van der Waals surface area (Å²) in [7, 11) is 0. The van der Waals surface area contributed by atoms with E-state index in [1.807, 2.05) is 97.1 Å². The standard InChI is InChI=1S/C33H32N2O4/c36-31(35(24-28-17-9-3-10-18-28)22-21-26-13-5-1-6-14-26)25-39-33(38)30(23-27-15-7-2-8-16-27)34-32(37)29-19-11-4-12-20-29/h1-20,30H,21-25H2,(H,34,37). The molecule has 0 aliphatic rings. The van der Waals surface area contributed by atoms with Crippen molar-refractivity contribution < 1.29 is 19.1 Å². The Kier molecular flexibility index (Phi) is 10.0. The lowest BCUT2D eigenvalue weighted by Gasteiger charge is -2.24. The van der Waals surface area contributed by atoms with Crippen LogP contribution in [0.4, 0.5) is 0 Å². The van der Waals surface area contributed by atoms with E-state index in [0.717, 1.165) is 16.7 Å². The highest BCUT2D eigenvalue weighted by Crippen LogP contribution is 2.10. The predicted molar refractivity (Wildman–Crippen MR) is 151 cm³/mol. The number of esters is 1. The first-order valence-electron chi connectivity index (χ1n) is 13.0. The lowest BCUT2D eigenvalue weighted by Crippen LogP contribution is -2.44. The zero-order valence-corrected chi connectivity index (χ0v) is 21.7. The summed E-state index contributed by atoms with van der Waals surface area (Å²) < 4.78 is 5.50. The van der Waals surface area contributed by atoms with Crippen molar-refractivity contribution >= 4 is 17.8 Å². The van der Waals surface area contributed by atoms with Crippen molar-refractivity contribution in [1.82, 2.24) is 10.2 Å². The number of benzene rings is 4. The maximum atomic E-state index is 13.3. The molecule has 39 heavy (non-hydrogen) atoms. The molecular weight excluding hydrogens is 488 g/mol. The molecule has 0 aliphatic carbocycles. The van der Waals surface area contributed by atoms with Gasteiger partial charge in [-0.1, -0.05) is 109 Å². The minimum absolute atomic E-state index is 0.244. The summed E-state index contributed by atoms with van der Waals surface area (Å²) in [6.45, 7) is 0.475. The van der Waals surface area contributed by atoms with Gasteiger partial charge in [-0.2, -0.15) is 0 Å². The third kappa shape index (κ3) is 8.68. The van der Waals surface area contributed by atoms with E-state index in [1.54, 1.807) is 29.2 Å². The molecule has 4 aromatic carbocycles. The lowest BCUT2D eigenvalue weighted by molar-refractivity contribution is -0.153. The Hall–Kier alpha value is -4.71. The number of amides is 2. The molecule has 6 heteroatoms. The molecule has 0 spiro atoms. The quantitative estimate of drug-likeness (QED) is 0.271. The summed E-state index contributed by atoms with van der Waals surface area (Å²) in [6, 6.07) is 36.8. The van der Waals surface area contributed by atoms with Gasteiger partial charge in [-0.05, 0) is 35.2 Å². The number of hydrogen-bond acceptors (Lipinski definition) is 4. The van der Waals surface area contributed by atoms with Crippen LogP contribution in [0.5, 0.6) is 0 Å². The van der Waals surface area contributed by atoms with E-state index in [2.05, 4.69) is 5.32 Å². The summed E-state index contributed by atoms with van der Waals surface area (Å²) in [5, 5.41) is 2.78. The molecule has 0 saturated carbocycles. The highest BCUT2D eigenvalue weighted by molar-refractivity contribution is 5.97. The highest BCUT2D eigenvalue weighted by Gasteiger charge is 2.25. The maximum Gasteiger partial charge on any atom is 0.329 e. The Morgan fingerprint density at radius 1 is 0.667 bits per heavy atom. The van der Waals surface area contributed by atoms with E-state index in [0.29, 0.717) is 25.1 Å². The highest BCUT2D eigenvalue weighted by atomic mass is 16.5. The van der Waals surface area contributed by atoms with E-state index >= 15 is 0 Å². The minimum atomic E-state index is -0.945. The molecule has 198 valence electrons. The van der Waals surface area contributed by atoms with Crippen molar-refractivity contribution in [2.24, 2.45) is 0 Å². The summed E-state index contributed by atoms with van der Waals surface area (Å²) in [4.78, 5) is 41.0.